The van der Waals surface area contributed by atoms with Gasteiger partial charge in [0.15, 0.2) is 0 Å². The summed E-state index contributed by atoms with van der Waals surface area (Å²) >= 11 is 1.49. The molecule has 0 spiro atoms. The van der Waals surface area contributed by atoms with Crippen molar-refractivity contribution in [3.63, 3.8) is 0 Å². The Balaban J connectivity index is 1.18. The number of halogens is 1. The van der Waals surface area contributed by atoms with Gasteiger partial charge in [-0.15, -0.1) is 11.3 Å². The van der Waals surface area contributed by atoms with Crippen LogP contribution in [0.4, 0.5) is 10.1 Å². The molecule has 1 fully saturated rings. The third kappa shape index (κ3) is 5.33. The minimum absolute atomic E-state index is 0.0515. The van der Waals surface area contributed by atoms with Crippen LogP contribution in [0.3, 0.4) is 0 Å². The first-order valence-electron chi connectivity index (χ1n) is 11.6. The number of thiazole rings is 1. The summed E-state index contributed by atoms with van der Waals surface area (Å²) in [4.78, 5) is 32.0. The lowest BCUT2D eigenvalue weighted by atomic mass is 9.97. The minimum atomic E-state index is -0.302. The van der Waals surface area contributed by atoms with Crippen LogP contribution in [-0.4, -0.2) is 39.4 Å². The SMILES string of the molecule is O=C(Nc1ccccc1-n1cccc1)c1csc(C2CCN(C(=O)Cc3ccc(F)cc3)CC2)n1. The molecule has 0 bridgehead atoms. The van der Waals surface area contributed by atoms with E-state index in [1.54, 1.807) is 17.5 Å². The molecular weight excluding hydrogens is 463 g/mol. The highest BCUT2D eigenvalue weighted by atomic mass is 32.1. The van der Waals surface area contributed by atoms with Crippen molar-refractivity contribution in [3.05, 3.63) is 101 Å². The maximum absolute atomic E-state index is 13.1. The molecule has 1 saturated heterocycles. The van der Waals surface area contributed by atoms with Gasteiger partial charge in [-0.1, -0.05) is 24.3 Å². The number of anilines is 1. The molecule has 1 aliphatic rings. The van der Waals surface area contributed by atoms with Crippen molar-refractivity contribution in [2.75, 3.05) is 18.4 Å². The van der Waals surface area contributed by atoms with Crippen molar-refractivity contribution in [3.8, 4) is 5.69 Å². The molecule has 35 heavy (non-hydrogen) atoms. The topological polar surface area (TPSA) is 67.2 Å². The fraction of sp³-hybridized carbons (Fsp3) is 0.222. The zero-order valence-corrected chi connectivity index (χ0v) is 19.9. The zero-order chi connectivity index (χ0) is 24.2. The zero-order valence-electron chi connectivity index (χ0n) is 19.1. The summed E-state index contributed by atoms with van der Waals surface area (Å²) < 4.78 is 15.0. The van der Waals surface area contributed by atoms with E-state index in [9.17, 15) is 14.0 Å². The van der Waals surface area contributed by atoms with Crippen LogP contribution in [0, 0.1) is 5.82 Å². The highest BCUT2D eigenvalue weighted by molar-refractivity contribution is 7.10. The lowest BCUT2D eigenvalue weighted by molar-refractivity contribution is -0.131. The summed E-state index contributed by atoms with van der Waals surface area (Å²) in [6.45, 7) is 1.30. The first-order valence-corrected chi connectivity index (χ1v) is 12.5. The van der Waals surface area contributed by atoms with Gasteiger partial charge in [-0.05, 0) is 54.8 Å². The van der Waals surface area contributed by atoms with Crippen LogP contribution in [0.2, 0.25) is 0 Å². The van der Waals surface area contributed by atoms with E-state index >= 15 is 0 Å². The van der Waals surface area contributed by atoms with Crippen LogP contribution >= 0.6 is 11.3 Å². The Kier molecular flexibility index (Phi) is 6.72. The number of nitrogens with zero attached hydrogens (tertiary/aromatic N) is 3. The van der Waals surface area contributed by atoms with E-state index in [2.05, 4.69) is 10.3 Å². The number of carbonyl (C=O) groups excluding carboxylic acids is 2. The summed E-state index contributed by atoms with van der Waals surface area (Å²) in [7, 11) is 0. The quantitative estimate of drug-likeness (QED) is 0.402. The van der Waals surface area contributed by atoms with Crippen LogP contribution < -0.4 is 5.32 Å². The fourth-order valence-electron chi connectivity index (χ4n) is 4.33. The number of piperidine rings is 1. The van der Waals surface area contributed by atoms with Crippen molar-refractivity contribution in [1.29, 1.82) is 0 Å². The minimum Gasteiger partial charge on any atom is -0.342 e. The predicted molar refractivity (Wildman–Crippen MR) is 134 cm³/mol. The summed E-state index contributed by atoms with van der Waals surface area (Å²) in [5.74, 6) is -0.262. The van der Waals surface area contributed by atoms with Crippen LogP contribution in [0.1, 0.15) is 39.8 Å². The van der Waals surface area contributed by atoms with Crippen molar-refractivity contribution in [2.45, 2.75) is 25.2 Å². The summed E-state index contributed by atoms with van der Waals surface area (Å²) in [5, 5.41) is 5.72. The number of carbonyl (C=O) groups is 2. The Morgan fingerprint density at radius 2 is 1.71 bits per heavy atom. The van der Waals surface area contributed by atoms with Crippen molar-refractivity contribution >= 4 is 28.8 Å². The number of likely N-dealkylation sites (tertiary alicyclic amines) is 1. The van der Waals surface area contributed by atoms with Gasteiger partial charge in [0.1, 0.15) is 11.5 Å². The molecule has 1 aliphatic heterocycles. The molecule has 0 aliphatic carbocycles. The summed E-state index contributed by atoms with van der Waals surface area (Å²) in [6, 6.07) is 17.6. The fourth-order valence-corrected chi connectivity index (χ4v) is 5.30. The van der Waals surface area contributed by atoms with Gasteiger partial charge in [-0.25, -0.2) is 9.37 Å². The molecule has 0 atom stereocenters. The first kappa shape index (κ1) is 23.0. The normalized spacial score (nSPS) is 14.1. The lowest BCUT2D eigenvalue weighted by Crippen LogP contribution is -2.38. The highest BCUT2D eigenvalue weighted by Gasteiger charge is 2.26. The van der Waals surface area contributed by atoms with Crippen LogP contribution in [0.25, 0.3) is 5.69 Å². The number of amides is 2. The van der Waals surface area contributed by atoms with Crippen molar-refractivity contribution in [2.24, 2.45) is 0 Å². The Labute approximate surface area is 207 Å². The van der Waals surface area contributed by atoms with E-state index in [-0.39, 0.29) is 30.0 Å². The van der Waals surface area contributed by atoms with E-state index in [0.717, 1.165) is 34.8 Å². The van der Waals surface area contributed by atoms with Gasteiger partial charge in [0, 0.05) is 36.8 Å². The van der Waals surface area contributed by atoms with E-state index in [0.29, 0.717) is 18.8 Å². The van der Waals surface area contributed by atoms with Crippen molar-refractivity contribution < 1.29 is 14.0 Å². The van der Waals surface area contributed by atoms with Crippen molar-refractivity contribution in [1.82, 2.24) is 14.5 Å². The summed E-state index contributed by atoms with van der Waals surface area (Å²) in [5.41, 5.74) is 2.82. The molecule has 3 heterocycles. The predicted octanol–water partition coefficient (Wildman–Crippen LogP) is 5.27. The van der Waals surface area contributed by atoms with Crippen LogP contribution in [0.5, 0.6) is 0 Å². The molecule has 5 rings (SSSR count). The molecule has 2 aromatic carbocycles. The number of benzene rings is 2. The lowest BCUT2D eigenvalue weighted by Gasteiger charge is -2.31. The largest absolute Gasteiger partial charge is 0.342 e. The standard InChI is InChI=1S/C27H25FN4O2S/c28-21-9-7-19(8-10-21)17-25(33)32-15-11-20(12-16-32)27-30-23(18-35-27)26(34)29-22-5-1-2-6-24(22)31-13-3-4-14-31/h1-10,13-14,18,20H,11-12,15-17H2,(H,29,34). The van der Waals surface area contributed by atoms with Gasteiger partial charge in [0.2, 0.25) is 5.91 Å². The molecule has 178 valence electrons. The Morgan fingerprint density at radius 3 is 2.46 bits per heavy atom. The molecule has 8 heteroatoms. The van der Waals surface area contributed by atoms with Crippen LogP contribution in [-0.2, 0) is 11.2 Å². The van der Waals surface area contributed by atoms with Gasteiger partial charge >= 0.3 is 0 Å². The third-order valence-corrected chi connectivity index (χ3v) is 7.26. The molecule has 2 amide bonds. The molecule has 4 aromatic rings. The monoisotopic (exact) mass is 488 g/mol. The first-order chi connectivity index (χ1) is 17.1. The smallest absolute Gasteiger partial charge is 0.275 e. The Morgan fingerprint density at radius 1 is 1.00 bits per heavy atom. The van der Waals surface area contributed by atoms with E-state index < -0.39 is 0 Å². The molecule has 6 nitrogen and oxygen atoms in total. The van der Waals surface area contributed by atoms with E-state index in [1.807, 2.05) is 58.3 Å². The van der Waals surface area contributed by atoms with Crippen LogP contribution in [0.15, 0.2) is 78.4 Å². The average Bonchev–Trinajstić information content (AvgIpc) is 3.59. The van der Waals surface area contributed by atoms with Gasteiger partial charge in [-0.3, -0.25) is 9.59 Å². The Bertz CT molecular complexity index is 1310. The van der Waals surface area contributed by atoms with Gasteiger partial charge in [0.05, 0.1) is 22.8 Å². The second-order valence-corrected chi connectivity index (χ2v) is 9.48. The number of hydrogen-bond acceptors (Lipinski definition) is 4. The summed E-state index contributed by atoms with van der Waals surface area (Å²) in [6.07, 6.45) is 5.75. The third-order valence-electron chi connectivity index (χ3n) is 6.25. The highest BCUT2D eigenvalue weighted by Crippen LogP contribution is 2.31. The van der Waals surface area contributed by atoms with Gasteiger partial charge in [-0.2, -0.15) is 0 Å². The second-order valence-electron chi connectivity index (χ2n) is 8.59. The van der Waals surface area contributed by atoms with Gasteiger partial charge < -0.3 is 14.8 Å². The van der Waals surface area contributed by atoms with Gasteiger partial charge in [0.25, 0.3) is 5.91 Å². The maximum Gasteiger partial charge on any atom is 0.275 e. The van der Waals surface area contributed by atoms with E-state index in [1.165, 1.54) is 23.5 Å². The molecule has 0 radical (unpaired) electrons. The molecule has 0 unspecified atom stereocenters. The number of para-hydroxylation sites is 2. The number of rotatable bonds is 6. The maximum atomic E-state index is 13.1. The molecule has 2 aromatic heterocycles. The Hall–Kier alpha value is -3.78. The number of nitrogens with one attached hydrogen (secondary N) is 1. The number of hydrogen-bond donors (Lipinski definition) is 1. The van der Waals surface area contributed by atoms with E-state index in [4.69, 9.17) is 0 Å². The number of aromatic nitrogens is 2. The second kappa shape index (κ2) is 10.2. The molecular formula is C27H25FN4O2S. The average molecular weight is 489 g/mol. The molecule has 1 N–H and O–H groups in total. The molecule has 0 saturated carbocycles.